The van der Waals surface area contributed by atoms with E-state index in [9.17, 15) is 0 Å². The molecule has 0 radical (unpaired) electrons. The molecule has 0 rings (SSSR count). The van der Waals surface area contributed by atoms with Gasteiger partial charge in [0.25, 0.3) is 0 Å². The Kier molecular flexibility index (Phi) is 26.3. The van der Waals surface area contributed by atoms with E-state index in [4.69, 9.17) is 0 Å². The van der Waals surface area contributed by atoms with Gasteiger partial charge >= 0.3 is 0 Å². The van der Waals surface area contributed by atoms with E-state index in [1.807, 2.05) is 0 Å². The van der Waals surface area contributed by atoms with Crippen LogP contribution in [0.2, 0.25) is 0 Å². The highest BCUT2D eigenvalue weighted by Gasteiger charge is 2.16. The van der Waals surface area contributed by atoms with Crippen LogP contribution in [0.25, 0.3) is 0 Å². The Balaban J connectivity index is 4.47. The van der Waals surface area contributed by atoms with E-state index in [1.54, 1.807) is 6.42 Å². The van der Waals surface area contributed by atoms with Gasteiger partial charge in [0.05, 0.1) is 0 Å². The van der Waals surface area contributed by atoms with Crippen molar-refractivity contribution in [1.29, 1.82) is 0 Å². The van der Waals surface area contributed by atoms with Gasteiger partial charge in [0.15, 0.2) is 0 Å². The molecule has 0 aliphatic carbocycles. The number of hydrogen-bond donors (Lipinski definition) is 0. The summed E-state index contributed by atoms with van der Waals surface area (Å²) in [6, 6.07) is 0. The molecule has 0 amide bonds. The fourth-order valence-corrected chi connectivity index (χ4v) is 5.38. The van der Waals surface area contributed by atoms with Crippen molar-refractivity contribution in [3.63, 3.8) is 0 Å². The molecule has 0 heteroatoms. The molecule has 0 saturated carbocycles. The largest absolute Gasteiger partial charge is 0.0654 e. The minimum absolute atomic E-state index is 1.03. The molecule has 0 fully saturated rings. The summed E-state index contributed by atoms with van der Waals surface area (Å²) < 4.78 is 0. The van der Waals surface area contributed by atoms with Gasteiger partial charge in [-0.3, -0.25) is 0 Å². The first kappa shape index (κ1) is 31.0. The lowest BCUT2D eigenvalue weighted by molar-refractivity contribution is 0.282. The van der Waals surface area contributed by atoms with Crippen LogP contribution in [0.5, 0.6) is 0 Å². The Morgan fingerprint density at radius 1 is 0.290 bits per heavy atom. The minimum atomic E-state index is 1.03. The summed E-state index contributed by atoms with van der Waals surface area (Å²) in [4.78, 5) is 0. The molecular formula is C31H64. The molecule has 0 aliphatic heterocycles. The Bertz CT molecular complexity index is 277. The summed E-state index contributed by atoms with van der Waals surface area (Å²) in [5, 5.41) is 0. The standard InChI is InChI=1S/C31H64/c1-5-9-13-17-19-23-27-30(25-21-15-11-7-3)29-31(26-22-16-12-8-4)28-24-20-18-14-10-6-2/h30-31H,5-29H2,1-4H3. The summed E-state index contributed by atoms with van der Waals surface area (Å²) in [6.45, 7) is 9.36. The Hall–Kier alpha value is 0. The average molecular weight is 437 g/mol. The van der Waals surface area contributed by atoms with Gasteiger partial charge in [0.2, 0.25) is 0 Å². The van der Waals surface area contributed by atoms with Crippen molar-refractivity contribution in [3.05, 3.63) is 0 Å². The van der Waals surface area contributed by atoms with E-state index in [0.717, 1.165) is 11.8 Å². The SMILES string of the molecule is CCCCCCCCC(CCCCCC)CC(CCCCCC)CCCCCCCC. The van der Waals surface area contributed by atoms with E-state index in [2.05, 4.69) is 27.7 Å². The minimum Gasteiger partial charge on any atom is -0.0654 e. The van der Waals surface area contributed by atoms with Crippen LogP contribution in [0, 0.1) is 11.8 Å². The quantitative estimate of drug-likeness (QED) is 0.118. The molecule has 2 unspecified atom stereocenters. The van der Waals surface area contributed by atoms with Gasteiger partial charge in [-0.2, -0.15) is 0 Å². The number of rotatable bonds is 26. The molecular weight excluding hydrogens is 372 g/mol. The fraction of sp³-hybridized carbons (Fsp3) is 1.00. The van der Waals surface area contributed by atoms with Crippen LogP contribution in [0.1, 0.15) is 188 Å². The molecule has 0 nitrogen and oxygen atoms in total. The lowest BCUT2D eigenvalue weighted by Gasteiger charge is -2.24. The Morgan fingerprint density at radius 3 is 0.806 bits per heavy atom. The maximum absolute atomic E-state index is 2.35. The maximum Gasteiger partial charge on any atom is -0.0412 e. The zero-order valence-corrected chi connectivity index (χ0v) is 22.8. The van der Waals surface area contributed by atoms with Crippen molar-refractivity contribution in [2.45, 2.75) is 188 Å². The van der Waals surface area contributed by atoms with Crippen molar-refractivity contribution in [2.24, 2.45) is 11.8 Å². The maximum atomic E-state index is 2.35. The van der Waals surface area contributed by atoms with Crippen LogP contribution in [-0.2, 0) is 0 Å². The first-order valence-electron chi connectivity index (χ1n) is 15.3. The van der Waals surface area contributed by atoms with Gasteiger partial charge in [-0.1, -0.05) is 182 Å². The molecule has 2 atom stereocenters. The molecule has 0 aromatic carbocycles. The van der Waals surface area contributed by atoms with Gasteiger partial charge < -0.3 is 0 Å². The highest BCUT2D eigenvalue weighted by atomic mass is 14.2. The van der Waals surface area contributed by atoms with Crippen LogP contribution >= 0.6 is 0 Å². The third-order valence-corrected chi connectivity index (χ3v) is 7.53. The fourth-order valence-electron chi connectivity index (χ4n) is 5.38. The summed E-state index contributed by atoms with van der Waals surface area (Å²) in [7, 11) is 0. The topological polar surface area (TPSA) is 0 Å². The van der Waals surface area contributed by atoms with Gasteiger partial charge in [0, 0.05) is 0 Å². The molecule has 0 bridgehead atoms. The third-order valence-electron chi connectivity index (χ3n) is 7.53. The molecule has 0 aromatic heterocycles. The molecule has 0 saturated heterocycles. The van der Waals surface area contributed by atoms with E-state index in [-0.39, 0.29) is 0 Å². The average Bonchev–Trinajstić information content (AvgIpc) is 2.78. The van der Waals surface area contributed by atoms with Crippen LogP contribution in [-0.4, -0.2) is 0 Å². The van der Waals surface area contributed by atoms with Crippen molar-refractivity contribution in [2.75, 3.05) is 0 Å². The lowest BCUT2D eigenvalue weighted by atomic mass is 9.82. The van der Waals surface area contributed by atoms with Gasteiger partial charge in [-0.25, -0.2) is 0 Å². The summed E-state index contributed by atoms with van der Waals surface area (Å²) >= 11 is 0. The van der Waals surface area contributed by atoms with Gasteiger partial charge in [0.1, 0.15) is 0 Å². The van der Waals surface area contributed by atoms with Crippen LogP contribution < -0.4 is 0 Å². The van der Waals surface area contributed by atoms with Crippen molar-refractivity contribution >= 4 is 0 Å². The Labute approximate surface area is 200 Å². The highest BCUT2D eigenvalue weighted by Crippen LogP contribution is 2.31. The normalized spacial score (nSPS) is 13.5. The molecule has 31 heavy (non-hydrogen) atoms. The number of unbranched alkanes of at least 4 members (excludes halogenated alkanes) is 16. The first-order valence-corrected chi connectivity index (χ1v) is 15.3. The summed E-state index contributed by atoms with van der Waals surface area (Å²) in [5.74, 6) is 2.05. The molecule has 0 aromatic rings. The van der Waals surface area contributed by atoms with E-state index >= 15 is 0 Å². The lowest BCUT2D eigenvalue weighted by Crippen LogP contribution is -2.11. The van der Waals surface area contributed by atoms with Crippen LogP contribution in [0.4, 0.5) is 0 Å². The van der Waals surface area contributed by atoms with Crippen LogP contribution in [0.3, 0.4) is 0 Å². The van der Waals surface area contributed by atoms with Gasteiger partial charge in [-0.05, 0) is 18.3 Å². The van der Waals surface area contributed by atoms with Gasteiger partial charge in [-0.15, -0.1) is 0 Å². The summed E-state index contributed by atoms with van der Waals surface area (Å²) in [6.07, 6.45) is 36.8. The smallest absolute Gasteiger partial charge is 0.0412 e. The molecule has 0 heterocycles. The summed E-state index contributed by atoms with van der Waals surface area (Å²) in [5.41, 5.74) is 0. The predicted molar refractivity (Wildman–Crippen MR) is 145 cm³/mol. The van der Waals surface area contributed by atoms with E-state index < -0.39 is 0 Å². The second-order valence-electron chi connectivity index (χ2n) is 10.8. The molecule has 0 N–H and O–H groups in total. The molecule has 188 valence electrons. The predicted octanol–water partition coefficient (Wildman–Crippen LogP) is 12.1. The number of hydrogen-bond acceptors (Lipinski definition) is 0. The van der Waals surface area contributed by atoms with Crippen molar-refractivity contribution in [3.8, 4) is 0 Å². The van der Waals surface area contributed by atoms with Crippen LogP contribution in [0.15, 0.2) is 0 Å². The Morgan fingerprint density at radius 2 is 0.516 bits per heavy atom. The molecule has 0 spiro atoms. The second-order valence-corrected chi connectivity index (χ2v) is 10.8. The first-order chi connectivity index (χ1) is 15.3. The highest BCUT2D eigenvalue weighted by molar-refractivity contribution is 4.69. The van der Waals surface area contributed by atoms with Crippen molar-refractivity contribution in [1.82, 2.24) is 0 Å². The molecule has 0 aliphatic rings. The second kappa shape index (κ2) is 26.3. The van der Waals surface area contributed by atoms with E-state index in [1.165, 1.54) is 154 Å². The zero-order valence-electron chi connectivity index (χ0n) is 22.8. The van der Waals surface area contributed by atoms with Crippen molar-refractivity contribution < 1.29 is 0 Å². The third kappa shape index (κ3) is 23.0. The zero-order chi connectivity index (χ0) is 22.8. The van der Waals surface area contributed by atoms with E-state index in [0.29, 0.717) is 0 Å². The monoisotopic (exact) mass is 437 g/mol.